The molecule has 1 aliphatic rings. The van der Waals surface area contributed by atoms with E-state index in [1.807, 2.05) is 11.9 Å². The molecule has 0 saturated carbocycles. The molecule has 1 heterocycles. The highest BCUT2D eigenvalue weighted by Crippen LogP contribution is 2.24. The molecule has 1 fully saturated rings. The quantitative estimate of drug-likeness (QED) is 0.811. The molecule has 0 N–H and O–H groups in total. The number of likely N-dealkylation sites (N-methyl/N-ethyl adjacent to an activating group) is 2. The highest BCUT2D eigenvalue weighted by molar-refractivity contribution is 7.89. The van der Waals surface area contributed by atoms with Crippen LogP contribution in [-0.2, 0) is 14.8 Å². The Balaban J connectivity index is 2.21. The molecular formula is C15H22F2N2O3S. The molecule has 23 heavy (non-hydrogen) atoms. The highest BCUT2D eigenvalue weighted by Gasteiger charge is 2.34. The largest absolute Gasteiger partial charge is 0.380 e. The van der Waals surface area contributed by atoms with Crippen LogP contribution in [0, 0.1) is 18.6 Å². The summed E-state index contributed by atoms with van der Waals surface area (Å²) in [5, 5.41) is 0. The van der Waals surface area contributed by atoms with Crippen molar-refractivity contribution < 1.29 is 21.9 Å². The van der Waals surface area contributed by atoms with Gasteiger partial charge in [0.05, 0.1) is 6.10 Å². The van der Waals surface area contributed by atoms with E-state index in [1.165, 1.54) is 14.0 Å². The lowest BCUT2D eigenvalue weighted by atomic mass is 10.2. The van der Waals surface area contributed by atoms with Crippen molar-refractivity contribution >= 4 is 10.0 Å². The fraction of sp³-hybridized carbons (Fsp3) is 0.600. The maximum atomic E-state index is 13.9. The third-order valence-corrected chi connectivity index (χ3v) is 6.19. The summed E-state index contributed by atoms with van der Waals surface area (Å²) in [5.41, 5.74) is 0.0933. The number of hydrogen-bond acceptors (Lipinski definition) is 4. The molecular weight excluding hydrogens is 326 g/mol. The molecule has 2 atom stereocenters. The number of likely N-dealkylation sites (tertiary alicyclic amines) is 1. The maximum Gasteiger partial charge on any atom is 0.245 e. The van der Waals surface area contributed by atoms with Crippen LogP contribution in [0.25, 0.3) is 0 Å². The van der Waals surface area contributed by atoms with E-state index in [1.54, 1.807) is 7.11 Å². The van der Waals surface area contributed by atoms with Gasteiger partial charge in [-0.05, 0) is 32.0 Å². The summed E-state index contributed by atoms with van der Waals surface area (Å²) < 4.78 is 58.8. The second-order valence-electron chi connectivity index (χ2n) is 6.00. The number of hydrogen-bond donors (Lipinski definition) is 0. The molecule has 1 saturated heterocycles. The van der Waals surface area contributed by atoms with Crippen molar-refractivity contribution in [2.24, 2.45) is 0 Å². The zero-order valence-corrected chi connectivity index (χ0v) is 14.5. The zero-order valence-electron chi connectivity index (χ0n) is 13.7. The Morgan fingerprint density at radius 3 is 2.57 bits per heavy atom. The van der Waals surface area contributed by atoms with Gasteiger partial charge in [0, 0.05) is 39.4 Å². The molecule has 2 rings (SSSR count). The first kappa shape index (κ1) is 18.3. The Morgan fingerprint density at radius 2 is 2.00 bits per heavy atom. The van der Waals surface area contributed by atoms with Gasteiger partial charge >= 0.3 is 0 Å². The summed E-state index contributed by atoms with van der Waals surface area (Å²) >= 11 is 0. The number of methoxy groups -OCH3 is 1. The number of halogens is 2. The maximum absolute atomic E-state index is 13.9. The fourth-order valence-electron chi connectivity index (χ4n) is 2.80. The van der Waals surface area contributed by atoms with Gasteiger partial charge < -0.3 is 4.74 Å². The predicted octanol–water partition coefficient (Wildman–Crippen LogP) is 1.61. The lowest BCUT2D eigenvalue weighted by molar-refractivity contribution is 0.111. The molecule has 8 heteroatoms. The summed E-state index contributed by atoms with van der Waals surface area (Å²) in [6.07, 6.45) is 0.767. The van der Waals surface area contributed by atoms with Gasteiger partial charge in [0.2, 0.25) is 10.0 Å². The Hall–Kier alpha value is -1.09. The number of ether oxygens (including phenoxy) is 1. The fourth-order valence-corrected chi connectivity index (χ4v) is 4.14. The number of rotatable bonds is 5. The lowest BCUT2D eigenvalue weighted by Crippen LogP contribution is -2.39. The second kappa shape index (κ2) is 6.80. The molecule has 0 unspecified atom stereocenters. The molecule has 0 aliphatic carbocycles. The second-order valence-corrected chi connectivity index (χ2v) is 8.02. The third kappa shape index (κ3) is 3.71. The van der Waals surface area contributed by atoms with Crippen molar-refractivity contribution in [2.75, 3.05) is 34.3 Å². The summed E-state index contributed by atoms with van der Waals surface area (Å²) in [6.45, 7) is 2.34. The highest BCUT2D eigenvalue weighted by atomic mass is 32.2. The average molecular weight is 348 g/mol. The van der Waals surface area contributed by atoms with E-state index in [0.29, 0.717) is 12.5 Å². The smallest absolute Gasteiger partial charge is 0.245 e. The molecule has 0 spiro atoms. The Bertz CT molecular complexity index is 682. The minimum Gasteiger partial charge on any atom is -0.380 e. The van der Waals surface area contributed by atoms with Crippen LogP contribution in [0.15, 0.2) is 17.0 Å². The lowest BCUT2D eigenvalue weighted by Gasteiger charge is -2.25. The predicted molar refractivity (Wildman–Crippen MR) is 82.7 cm³/mol. The molecule has 0 bridgehead atoms. The SMILES string of the molecule is CO[C@H]1C[C@@H](CN(C)S(=O)(=O)c2cc(C)c(F)cc2F)N(C)C1. The van der Waals surface area contributed by atoms with Gasteiger partial charge in [-0.3, -0.25) is 4.90 Å². The third-order valence-electron chi connectivity index (χ3n) is 4.35. The topological polar surface area (TPSA) is 49.9 Å². The molecule has 1 aliphatic heterocycles. The van der Waals surface area contributed by atoms with Crippen molar-refractivity contribution in [1.82, 2.24) is 9.21 Å². The van der Waals surface area contributed by atoms with Gasteiger partial charge in [-0.15, -0.1) is 0 Å². The van der Waals surface area contributed by atoms with Crippen LogP contribution in [0.4, 0.5) is 8.78 Å². The first-order chi connectivity index (χ1) is 10.7. The minimum atomic E-state index is -4.02. The summed E-state index contributed by atoms with van der Waals surface area (Å²) in [7, 11) is 0.903. The summed E-state index contributed by atoms with van der Waals surface area (Å²) in [4.78, 5) is 1.52. The molecule has 1 aromatic rings. The molecule has 5 nitrogen and oxygen atoms in total. The van der Waals surface area contributed by atoms with Crippen LogP contribution >= 0.6 is 0 Å². The molecule has 130 valence electrons. The van der Waals surface area contributed by atoms with Crippen LogP contribution < -0.4 is 0 Å². The standard InChI is InChI=1S/C15H22F2N2O3S/c1-10-5-15(14(17)7-13(10)16)23(20,21)19(3)8-11-6-12(22-4)9-18(11)2/h5,7,11-12H,6,8-9H2,1-4H3/t11-,12-/m0/s1. The van der Waals surface area contributed by atoms with E-state index in [4.69, 9.17) is 4.74 Å². The minimum absolute atomic E-state index is 0.00988. The van der Waals surface area contributed by atoms with Gasteiger partial charge in [-0.25, -0.2) is 17.2 Å². The van der Waals surface area contributed by atoms with Gasteiger partial charge in [0.25, 0.3) is 0 Å². The van der Waals surface area contributed by atoms with Gasteiger partial charge in [0.15, 0.2) is 0 Å². The van der Waals surface area contributed by atoms with Crippen LogP contribution in [0.1, 0.15) is 12.0 Å². The van der Waals surface area contributed by atoms with E-state index >= 15 is 0 Å². The molecule has 0 amide bonds. The molecule has 0 radical (unpaired) electrons. The Kier molecular flexibility index (Phi) is 5.40. The molecule has 1 aromatic carbocycles. The van der Waals surface area contributed by atoms with Crippen molar-refractivity contribution in [3.8, 4) is 0 Å². The van der Waals surface area contributed by atoms with E-state index in [2.05, 4.69) is 0 Å². The average Bonchev–Trinajstić information content (AvgIpc) is 2.83. The van der Waals surface area contributed by atoms with Gasteiger partial charge in [-0.1, -0.05) is 0 Å². The number of benzene rings is 1. The van der Waals surface area contributed by atoms with E-state index in [0.717, 1.165) is 16.9 Å². The van der Waals surface area contributed by atoms with Crippen LogP contribution in [0.3, 0.4) is 0 Å². The summed E-state index contributed by atoms with van der Waals surface area (Å²) in [6, 6.07) is 1.63. The first-order valence-electron chi connectivity index (χ1n) is 7.31. The zero-order chi connectivity index (χ0) is 17.4. The first-order valence-corrected chi connectivity index (χ1v) is 8.75. The van der Waals surface area contributed by atoms with Gasteiger partial charge in [-0.2, -0.15) is 4.31 Å². The van der Waals surface area contributed by atoms with Crippen molar-refractivity contribution in [2.45, 2.75) is 30.4 Å². The Morgan fingerprint density at radius 1 is 1.35 bits per heavy atom. The van der Waals surface area contributed by atoms with Crippen LogP contribution in [0.2, 0.25) is 0 Å². The van der Waals surface area contributed by atoms with E-state index in [9.17, 15) is 17.2 Å². The molecule has 0 aromatic heterocycles. The number of nitrogens with zero attached hydrogens (tertiary/aromatic N) is 2. The normalized spacial score (nSPS) is 22.9. The summed E-state index contributed by atoms with van der Waals surface area (Å²) in [5.74, 6) is -1.84. The Labute approximate surface area is 135 Å². The number of sulfonamides is 1. The van der Waals surface area contributed by atoms with Crippen LogP contribution in [0.5, 0.6) is 0 Å². The van der Waals surface area contributed by atoms with E-state index < -0.39 is 26.6 Å². The number of aryl methyl sites for hydroxylation is 1. The van der Waals surface area contributed by atoms with Crippen molar-refractivity contribution in [3.05, 3.63) is 29.3 Å². The van der Waals surface area contributed by atoms with Crippen molar-refractivity contribution in [3.63, 3.8) is 0 Å². The van der Waals surface area contributed by atoms with E-state index in [-0.39, 0.29) is 24.3 Å². The monoisotopic (exact) mass is 348 g/mol. The van der Waals surface area contributed by atoms with Gasteiger partial charge in [0.1, 0.15) is 16.5 Å². The van der Waals surface area contributed by atoms with Crippen molar-refractivity contribution in [1.29, 1.82) is 0 Å². The van der Waals surface area contributed by atoms with Crippen LogP contribution in [-0.4, -0.2) is 64.1 Å².